The van der Waals surface area contributed by atoms with E-state index in [2.05, 4.69) is 12.2 Å². The molecule has 1 heterocycles. The number of esters is 1. The molecule has 1 amide bonds. The Morgan fingerprint density at radius 1 is 1.16 bits per heavy atom. The number of hydrogen-bond donors (Lipinski definition) is 1. The van der Waals surface area contributed by atoms with Gasteiger partial charge in [0.2, 0.25) is 0 Å². The van der Waals surface area contributed by atoms with E-state index in [1.54, 1.807) is 25.1 Å². The van der Waals surface area contributed by atoms with Crippen molar-refractivity contribution in [2.75, 3.05) is 13.2 Å². The summed E-state index contributed by atoms with van der Waals surface area (Å²) in [6.07, 6.45) is 3.60. The van der Waals surface area contributed by atoms with Crippen LogP contribution in [-0.4, -0.2) is 37.2 Å². The molecule has 0 unspecified atom stereocenters. The third-order valence-corrected chi connectivity index (χ3v) is 4.87. The van der Waals surface area contributed by atoms with E-state index in [1.807, 2.05) is 0 Å². The van der Waals surface area contributed by atoms with Gasteiger partial charge in [-0.3, -0.25) is 4.79 Å². The van der Waals surface area contributed by atoms with Crippen LogP contribution in [-0.2, 0) is 9.53 Å². The molecule has 1 aromatic rings. The summed E-state index contributed by atoms with van der Waals surface area (Å²) in [6.45, 7) is 4.69. The first-order valence-electron chi connectivity index (χ1n) is 8.95. The Morgan fingerprint density at radius 2 is 1.88 bits per heavy atom. The largest absolute Gasteiger partial charge is 0.486 e. The normalized spacial score (nSPS) is 23.4. The highest BCUT2D eigenvalue weighted by molar-refractivity contribution is 5.93. The Hall–Kier alpha value is -2.24. The number of nitrogens with one attached hydrogen (secondary N) is 1. The maximum atomic E-state index is 12.3. The zero-order valence-electron chi connectivity index (χ0n) is 14.7. The number of carbonyl (C=O) groups is 2. The van der Waals surface area contributed by atoms with Crippen LogP contribution in [0, 0.1) is 5.92 Å². The average molecular weight is 347 g/mol. The van der Waals surface area contributed by atoms with Gasteiger partial charge < -0.3 is 19.5 Å². The molecule has 3 atom stereocenters. The Morgan fingerprint density at radius 3 is 2.64 bits per heavy atom. The molecule has 6 nitrogen and oxygen atoms in total. The van der Waals surface area contributed by atoms with E-state index < -0.39 is 12.1 Å². The summed E-state index contributed by atoms with van der Waals surface area (Å²) in [4.78, 5) is 24.6. The lowest BCUT2D eigenvalue weighted by Gasteiger charge is -2.30. The van der Waals surface area contributed by atoms with Crippen LogP contribution in [0.25, 0.3) is 0 Å². The molecule has 0 saturated heterocycles. The van der Waals surface area contributed by atoms with Crippen LogP contribution >= 0.6 is 0 Å². The molecule has 1 N–H and O–H groups in total. The van der Waals surface area contributed by atoms with Crippen LogP contribution in [0.1, 0.15) is 49.9 Å². The van der Waals surface area contributed by atoms with Crippen molar-refractivity contribution in [3.63, 3.8) is 0 Å². The molecule has 0 aromatic heterocycles. The number of carbonyl (C=O) groups excluding carboxylic acids is 2. The van der Waals surface area contributed by atoms with Gasteiger partial charge in [0.1, 0.15) is 13.2 Å². The number of ether oxygens (including phenoxy) is 3. The predicted molar refractivity (Wildman–Crippen MR) is 91.9 cm³/mol. The van der Waals surface area contributed by atoms with Gasteiger partial charge in [0.05, 0.1) is 5.56 Å². The number of hydrogen-bond acceptors (Lipinski definition) is 5. The molecular weight excluding hydrogens is 322 g/mol. The summed E-state index contributed by atoms with van der Waals surface area (Å²) >= 11 is 0. The molecule has 136 valence electrons. The number of fused-ring (bicyclic) bond motifs is 1. The van der Waals surface area contributed by atoms with E-state index in [4.69, 9.17) is 14.2 Å². The highest BCUT2D eigenvalue weighted by Gasteiger charge is 2.27. The van der Waals surface area contributed by atoms with Crippen LogP contribution in [0.15, 0.2) is 18.2 Å². The highest BCUT2D eigenvalue weighted by atomic mass is 16.6. The first-order valence-corrected chi connectivity index (χ1v) is 8.95. The fourth-order valence-electron chi connectivity index (χ4n) is 3.28. The summed E-state index contributed by atoms with van der Waals surface area (Å²) in [5.74, 6) is 0.799. The first kappa shape index (κ1) is 17.6. The molecule has 1 fully saturated rings. The number of benzene rings is 1. The molecule has 6 heteroatoms. The van der Waals surface area contributed by atoms with Crippen molar-refractivity contribution >= 4 is 11.9 Å². The van der Waals surface area contributed by atoms with Gasteiger partial charge in [-0.05, 0) is 43.9 Å². The van der Waals surface area contributed by atoms with Gasteiger partial charge in [0.25, 0.3) is 5.91 Å². The Labute approximate surface area is 147 Å². The van der Waals surface area contributed by atoms with Crippen molar-refractivity contribution in [1.82, 2.24) is 5.32 Å². The van der Waals surface area contributed by atoms with Crippen molar-refractivity contribution in [2.45, 2.75) is 51.7 Å². The minimum atomic E-state index is -0.838. The smallest absolute Gasteiger partial charge is 0.339 e. The second kappa shape index (κ2) is 7.76. The van der Waals surface area contributed by atoms with Crippen molar-refractivity contribution in [1.29, 1.82) is 0 Å². The van der Waals surface area contributed by atoms with Gasteiger partial charge >= 0.3 is 5.97 Å². The third kappa shape index (κ3) is 4.24. The molecule has 0 bridgehead atoms. The summed E-state index contributed by atoms with van der Waals surface area (Å²) in [7, 11) is 0. The quantitative estimate of drug-likeness (QED) is 0.848. The molecule has 0 radical (unpaired) electrons. The number of rotatable bonds is 4. The first-order chi connectivity index (χ1) is 12.0. The van der Waals surface area contributed by atoms with Gasteiger partial charge in [-0.1, -0.05) is 19.8 Å². The van der Waals surface area contributed by atoms with E-state index >= 15 is 0 Å². The van der Waals surface area contributed by atoms with Gasteiger partial charge in [-0.2, -0.15) is 0 Å². The fourth-order valence-corrected chi connectivity index (χ4v) is 3.28. The van der Waals surface area contributed by atoms with Gasteiger partial charge in [-0.15, -0.1) is 0 Å². The van der Waals surface area contributed by atoms with Crippen LogP contribution in [0.3, 0.4) is 0 Å². The standard InChI is InChI=1S/C19H25NO5/c1-12-5-3-4-6-15(12)20-18(21)13(2)25-19(22)14-7-8-16-17(11-14)24-10-9-23-16/h7-8,11-13,15H,3-6,9-10H2,1-2H3,(H,20,21)/t12-,13+,15-/m0/s1. The molecule has 1 aliphatic heterocycles. The van der Waals surface area contributed by atoms with Gasteiger partial charge in [0, 0.05) is 6.04 Å². The van der Waals surface area contributed by atoms with E-state index in [9.17, 15) is 9.59 Å². The summed E-state index contributed by atoms with van der Waals surface area (Å²) in [5, 5.41) is 3.01. The SMILES string of the molecule is C[C@@H](OC(=O)c1ccc2c(c1)OCCO2)C(=O)N[C@H]1CCCC[C@@H]1C. The summed E-state index contributed by atoms with van der Waals surface area (Å²) in [6, 6.07) is 5.05. The Bertz CT molecular complexity index is 645. The number of amides is 1. The van der Waals surface area contributed by atoms with Crippen molar-refractivity contribution in [3.8, 4) is 11.5 Å². The van der Waals surface area contributed by atoms with Crippen molar-refractivity contribution < 1.29 is 23.8 Å². The molecular formula is C19H25NO5. The van der Waals surface area contributed by atoms with Gasteiger partial charge in [0.15, 0.2) is 17.6 Å². The van der Waals surface area contributed by atoms with Crippen LogP contribution in [0.5, 0.6) is 11.5 Å². The van der Waals surface area contributed by atoms with E-state index in [0.29, 0.717) is 36.2 Å². The Kier molecular flexibility index (Phi) is 5.46. The van der Waals surface area contributed by atoms with Crippen LogP contribution < -0.4 is 14.8 Å². The zero-order valence-corrected chi connectivity index (χ0v) is 14.7. The highest BCUT2D eigenvalue weighted by Crippen LogP contribution is 2.31. The average Bonchev–Trinajstić information content (AvgIpc) is 2.63. The molecule has 3 rings (SSSR count). The van der Waals surface area contributed by atoms with Gasteiger partial charge in [-0.25, -0.2) is 4.79 Å². The molecule has 1 aromatic carbocycles. The van der Waals surface area contributed by atoms with E-state index in [0.717, 1.165) is 19.3 Å². The van der Waals surface area contributed by atoms with E-state index in [1.165, 1.54) is 6.42 Å². The van der Waals surface area contributed by atoms with Crippen LogP contribution in [0.2, 0.25) is 0 Å². The lowest BCUT2D eigenvalue weighted by atomic mass is 9.86. The van der Waals surface area contributed by atoms with E-state index in [-0.39, 0.29) is 11.9 Å². The molecule has 1 saturated carbocycles. The monoisotopic (exact) mass is 347 g/mol. The lowest BCUT2D eigenvalue weighted by molar-refractivity contribution is -0.130. The Balaban J connectivity index is 1.57. The zero-order chi connectivity index (χ0) is 17.8. The minimum Gasteiger partial charge on any atom is -0.486 e. The molecule has 25 heavy (non-hydrogen) atoms. The fraction of sp³-hybridized carbons (Fsp3) is 0.579. The topological polar surface area (TPSA) is 73.9 Å². The third-order valence-electron chi connectivity index (χ3n) is 4.87. The van der Waals surface area contributed by atoms with Crippen LogP contribution in [0.4, 0.5) is 0 Å². The maximum Gasteiger partial charge on any atom is 0.339 e. The predicted octanol–water partition coefficient (Wildman–Crippen LogP) is 2.70. The summed E-state index contributed by atoms with van der Waals surface area (Å²) < 4.78 is 16.2. The molecule has 0 spiro atoms. The van der Waals surface area contributed by atoms with Crippen molar-refractivity contribution in [2.24, 2.45) is 5.92 Å². The maximum absolute atomic E-state index is 12.3. The van der Waals surface area contributed by atoms with Crippen molar-refractivity contribution in [3.05, 3.63) is 23.8 Å². The molecule has 1 aliphatic carbocycles. The molecule has 2 aliphatic rings. The second-order valence-corrected chi connectivity index (χ2v) is 6.78. The minimum absolute atomic E-state index is 0.164. The lowest BCUT2D eigenvalue weighted by Crippen LogP contribution is -2.45. The second-order valence-electron chi connectivity index (χ2n) is 6.78. The summed E-state index contributed by atoms with van der Waals surface area (Å²) in [5.41, 5.74) is 0.343.